The average molecular weight is 467 g/mol. The lowest BCUT2D eigenvalue weighted by Gasteiger charge is -2.36. The Bertz CT molecular complexity index is 1380. The molecule has 0 aliphatic carbocycles. The quantitative estimate of drug-likeness (QED) is 0.514. The van der Waals surface area contributed by atoms with E-state index in [0.717, 1.165) is 17.0 Å². The molecule has 3 rings (SSSR count). The summed E-state index contributed by atoms with van der Waals surface area (Å²) in [6, 6.07) is 7.56. The fourth-order valence-corrected chi connectivity index (χ4v) is 4.15. The minimum atomic E-state index is -1.99. The molecule has 176 valence electrons. The largest absolute Gasteiger partial charge is 0.543 e. The number of nitrogens with zero attached hydrogens (tertiary/aromatic N) is 1. The van der Waals surface area contributed by atoms with Crippen LogP contribution in [0, 0.1) is 0 Å². The number of nitrogens with one attached hydrogen (secondary N) is 3. The van der Waals surface area contributed by atoms with Crippen molar-refractivity contribution in [2.75, 3.05) is 0 Å². The third-order valence-corrected chi connectivity index (χ3v) is 10.4. The number of rotatable bonds is 4. The molecule has 0 unspecified atom stereocenters. The van der Waals surface area contributed by atoms with Crippen LogP contribution in [0.5, 0.6) is 5.75 Å². The zero-order valence-corrected chi connectivity index (χ0v) is 21.7. The van der Waals surface area contributed by atoms with E-state index in [-0.39, 0.29) is 26.7 Å². The summed E-state index contributed by atoms with van der Waals surface area (Å²) in [7, 11) is -1.99. The van der Waals surface area contributed by atoms with Crippen LogP contribution >= 0.6 is 0 Å². The highest BCUT2D eigenvalue weighted by atomic mass is 28.4. The van der Waals surface area contributed by atoms with Gasteiger partial charge in [-0.1, -0.05) is 53.7 Å². The van der Waals surface area contributed by atoms with Crippen molar-refractivity contribution in [2.45, 2.75) is 65.1 Å². The second-order valence-corrected chi connectivity index (χ2v) is 15.6. The van der Waals surface area contributed by atoms with E-state index in [4.69, 9.17) is 4.43 Å². The summed E-state index contributed by atoms with van der Waals surface area (Å²) in [5.74, 6) is 0.757. The first-order chi connectivity index (χ1) is 15.2. The van der Waals surface area contributed by atoms with Crippen LogP contribution in [-0.4, -0.2) is 28.3 Å². The lowest BCUT2D eigenvalue weighted by Crippen LogP contribution is -2.46. The molecule has 0 aliphatic heterocycles. The Morgan fingerprint density at radius 3 is 2.12 bits per heavy atom. The van der Waals surface area contributed by atoms with Gasteiger partial charge in [0.15, 0.2) is 0 Å². The third-order valence-electron chi connectivity index (χ3n) is 6.03. The lowest BCUT2D eigenvalue weighted by molar-refractivity contribution is 0.492. The van der Waals surface area contributed by atoms with Gasteiger partial charge in [0, 0.05) is 11.1 Å². The molecule has 2 aromatic heterocycles. The van der Waals surface area contributed by atoms with Crippen LogP contribution in [0.4, 0.5) is 0 Å². The van der Waals surface area contributed by atoms with E-state index in [1.54, 1.807) is 18.5 Å². The molecule has 8 heteroatoms. The molecule has 0 aliphatic rings. The molecule has 33 heavy (non-hydrogen) atoms. The summed E-state index contributed by atoms with van der Waals surface area (Å²) in [6.45, 7) is 17.1. The fraction of sp³-hybridized carbons (Fsp3) is 0.400. The molecule has 3 aromatic rings. The van der Waals surface area contributed by atoms with Crippen LogP contribution in [0.15, 0.2) is 40.2 Å². The van der Waals surface area contributed by atoms with Gasteiger partial charge < -0.3 is 19.4 Å². The molecular weight excluding hydrogens is 432 g/mol. The number of hydrogen-bond acceptors (Lipinski definition) is 4. The Labute approximate surface area is 194 Å². The van der Waals surface area contributed by atoms with Crippen molar-refractivity contribution in [3.63, 3.8) is 0 Å². The monoisotopic (exact) mass is 466 g/mol. The highest BCUT2D eigenvalue weighted by molar-refractivity contribution is 6.74. The molecule has 0 saturated carbocycles. The van der Waals surface area contributed by atoms with Crippen molar-refractivity contribution in [1.29, 1.82) is 0 Å². The minimum absolute atomic E-state index is 0.0720. The zero-order valence-electron chi connectivity index (χ0n) is 20.7. The van der Waals surface area contributed by atoms with E-state index in [9.17, 15) is 9.59 Å². The van der Waals surface area contributed by atoms with Crippen LogP contribution in [0.25, 0.3) is 12.2 Å². The molecule has 0 spiro atoms. The molecule has 0 atom stereocenters. The molecule has 0 bridgehead atoms. The Morgan fingerprint density at radius 1 is 0.939 bits per heavy atom. The summed E-state index contributed by atoms with van der Waals surface area (Å²) in [5.41, 5.74) is 1.32. The average Bonchev–Trinajstić information content (AvgIpc) is 3.13. The first kappa shape index (κ1) is 24.5. The van der Waals surface area contributed by atoms with Gasteiger partial charge in [-0.3, -0.25) is 9.59 Å². The maximum absolute atomic E-state index is 12.7. The Kier molecular flexibility index (Phi) is 6.43. The fourth-order valence-electron chi connectivity index (χ4n) is 3.13. The molecule has 7 nitrogen and oxygen atoms in total. The van der Waals surface area contributed by atoms with Crippen LogP contribution in [-0.2, 0) is 5.41 Å². The molecule has 0 saturated heterocycles. The Balaban J connectivity index is 2.01. The van der Waals surface area contributed by atoms with E-state index in [1.807, 2.05) is 45.0 Å². The lowest BCUT2D eigenvalue weighted by atomic mass is 9.90. The highest BCUT2D eigenvalue weighted by Crippen LogP contribution is 2.37. The van der Waals surface area contributed by atoms with E-state index in [0.29, 0.717) is 5.69 Å². The second-order valence-electron chi connectivity index (χ2n) is 10.9. The van der Waals surface area contributed by atoms with E-state index in [2.05, 4.69) is 53.8 Å². The maximum Gasteiger partial charge on any atom is 0.272 e. The maximum atomic E-state index is 12.7. The first-order valence-electron chi connectivity index (χ1n) is 11.1. The van der Waals surface area contributed by atoms with Crippen LogP contribution in [0.3, 0.4) is 0 Å². The van der Waals surface area contributed by atoms with Crippen molar-refractivity contribution >= 4 is 20.5 Å². The SMILES string of the molecule is CC(C)(C)c1[nH]cnc1/C=c1\[nH]c(=O)/c(=C/c2cccc(O[Si](C)(C)C(C)(C)C)c2)[nH]c1=O. The third kappa shape index (κ3) is 5.62. The number of imidazole rings is 1. The van der Waals surface area contributed by atoms with Gasteiger partial charge in [-0.05, 0) is 48.0 Å². The van der Waals surface area contributed by atoms with E-state index >= 15 is 0 Å². The molecular formula is C25H34N4O3Si. The summed E-state index contributed by atoms with van der Waals surface area (Å²) in [4.78, 5) is 38.2. The van der Waals surface area contributed by atoms with Gasteiger partial charge in [0.05, 0.1) is 12.0 Å². The van der Waals surface area contributed by atoms with Crippen molar-refractivity contribution in [2.24, 2.45) is 0 Å². The molecule has 0 fully saturated rings. The van der Waals surface area contributed by atoms with E-state index < -0.39 is 13.9 Å². The first-order valence-corrected chi connectivity index (χ1v) is 14.0. The highest BCUT2D eigenvalue weighted by Gasteiger charge is 2.38. The van der Waals surface area contributed by atoms with Crippen molar-refractivity contribution in [1.82, 2.24) is 19.9 Å². The van der Waals surface area contributed by atoms with Crippen LogP contribution in [0.1, 0.15) is 58.5 Å². The van der Waals surface area contributed by atoms with Crippen LogP contribution in [0.2, 0.25) is 18.1 Å². The summed E-state index contributed by atoms with van der Waals surface area (Å²) >= 11 is 0. The number of aromatic nitrogens is 4. The zero-order chi connectivity index (χ0) is 24.6. The molecule has 0 amide bonds. The van der Waals surface area contributed by atoms with Gasteiger partial charge in [-0.2, -0.15) is 0 Å². The standard InChI is InChI=1S/C25H34N4O3Si/c1-24(2,3)21-18(26-15-27-21)14-20-23(31)28-19(22(30)29-20)13-16-10-9-11-17(12-16)32-33(7,8)25(4,5)6/h9-15H,1-8H3,(H,26,27)(H,28,31)(H,29,30)/b19-13-,20-14-. The normalized spacial score (nSPS) is 14.1. The van der Waals surface area contributed by atoms with Crippen molar-refractivity contribution in [3.05, 3.63) is 78.9 Å². The second kappa shape index (κ2) is 8.66. The minimum Gasteiger partial charge on any atom is -0.543 e. The predicted molar refractivity (Wildman–Crippen MR) is 136 cm³/mol. The van der Waals surface area contributed by atoms with Gasteiger partial charge >= 0.3 is 0 Å². The summed E-state index contributed by atoms with van der Waals surface area (Å²) in [5, 5.41) is 0.410. The van der Waals surface area contributed by atoms with E-state index in [1.165, 1.54) is 0 Å². The Morgan fingerprint density at radius 2 is 1.55 bits per heavy atom. The molecule has 1 aromatic carbocycles. The summed E-state index contributed by atoms with van der Waals surface area (Å²) in [6.07, 6.45) is 4.83. The molecule has 2 heterocycles. The van der Waals surface area contributed by atoms with Gasteiger partial charge in [-0.25, -0.2) is 4.98 Å². The van der Waals surface area contributed by atoms with Crippen molar-refractivity contribution in [3.8, 4) is 5.75 Å². The topological polar surface area (TPSA) is 104 Å². The van der Waals surface area contributed by atoms with Gasteiger partial charge in [0.1, 0.15) is 16.4 Å². The predicted octanol–water partition coefficient (Wildman–Crippen LogP) is 3.13. The van der Waals surface area contributed by atoms with Crippen LogP contribution < -0.4 is 26.2 Å². The van der Waals surface area contributed by atoms with Crippen molar-refractivity contribution < 1.29 is 4.43 Å². The Hall–Kier alpha value is -3.13. The summed E-state index contributed by atoms with van der Waals surface area (Å²) < 4.78 is 6.36. The number of aromatic amines is 3. The number of hydrogen-bond donors (Lipinski definition) is 3. The van der Waals surface area contributed by atoms with Gasteiger partial charge in [0.2, 0.25) is 8.32 Å². The van der Waals surface area contributed by atoms with Gasteiger partial charge in [-0.15, -0.1) is 0 Å². The van der Waals surface area contributed by atoms with Gasteiger partial charge in [0.25, 0.3) is 11.1 Å². The number of H-pyrrole nitrogens is 3. The number of benzene rings is 1. The molecule has 3 N–H and O–H groups in total. The molecule has 0 radical (unpaired) electrons. The smallest absolute Gasteiger partial charge is 0.272 e.